The number of carbonyl (C=O) groups excluding carboxylic acids is 1. The van der Waals surface area contributed by atoms with Gasteiger partial charge in [0.25, 0.3) is 5.91 Å². The molecule has 0 radical (unpaired) electrons. The van der Waals surface area contributed by atoms with E-state index in [2.05, 4.69) is 15.8 Å². The van der Waals surface area contributed by atoms with Gasteiger partial charge < -0.3 is 5.11 Å². The van der Waals surface area contributed by atoms with Gasteiger partial charge in [-0.2, -0.15) is 13.2 Å². The van der Waals surface area contributed by atoms with E-state index >= 15 is 0 Å². The van der Waals surface area contributed by atoms with Crippen LogP contribution in [0.25, 0.3) is 5.69 Å². The van der Waals surface area contributed by atoms with Crippen LogP contribution in [0.2, 0.25) is 0 Å². The molecule has 35 heavy (non-hydrogen) atoms. The van der Waals surface area contributed by atoms with Gasteiger partial charge in [-0.1, -0.05) is 18.2 Å². The molecule has 1 amide bonds. The first-order valence-corrected chi connectivity index (χ1v) is 10.9. The Morgan fingerprint density at radius 2 is 1.77 bits per heavy atom. The van der Waals surface area contributed by atoms with Gasteiger partial charge in [-0.25, -0.2) is 14.3 Å². The average Bonchev–Trinajstić information content (AvgIpc) is 3.10. The number of halogens is 3. The topological polar surface area (TPSA) is 101 Å². The highest BCUT2D eigenvalue weighted by atomic mass is 32.2. The average molecular weight is 501 g/mol. The largest absolute Gasteiger partial charge is 0.493 e. The van der Waals surface area contributed by atoms with Crippen LogP contribution < -0.4 is 16.5 Å². The number of pyridine rings is 1. The number of aromatic nitrogens is 3. The van der Waals surface area contributed by atoms with E-state index in [1.807, 2.05) is 0 Å². The lowest BCUT2D eigenvalue weighted by atomic mass is 10.2. The molecule has 8 nitrogen and oxygen atoms in total. The molecule has 2 heterocycles. The van der Waals surface area contributed by atoms with Crippen LogP contribution in [-0.4, -0.2) is 30.6 Å². The van der Waals surface area contributed by atoms with Gasteiger partial charge in [-0.3, -0.25) is 20.2 Å². The predicted octanol–water partition coefficient (Wildman–Crippen LogP) is 4.16. The van der Waals surface area contributed by atoms with E-state index in [0.29, 0.717) is 16.9 Å². The van der Waals surface area contributed by atoms with Crippen LogP contribution in [0.15, 0.2) is 88.8 Å². The molecule has 0 saturated heterocycles. The smallest absolute Gasteiger partial charge is 0.446 e. The van der Waals surface area contributed by atoms with Crippen molar-refractivity contribution in [1.82, 2.24) is 19.5 Å². The van der Waals surface area contributed by atoms with Crippen molar-refractivity contribution in [3.05, 3.63) is 101 Å². The molecule has 0 aliphatic heterocycles. The lowest BCUT2D eigenvalue weighted by Crippen LogP contribution is -2.29. The van der Waals surface area contributed by atoms with E-state index in [4.69, 9.17) is 0 Å². The zero-order valence-corrected chi connectivity index (χ0v) is 18.7. The standard InChI is InChI=1S/C23H18F3N5O3S/c24-23(25,26)35-18-8-6-17(7-9-18)31-20(32)14-30(22(31)34)13-15-10-11-27-19(12-15)28-29-21(33)16-4-2-1-3-5-16/h1-12,14,32H,13H2,(H,27,28)(H,29,33). The Balaban J connectivity index is 1.47. The maximum atomic E-state index is 12.9. The van der Waals surface area contributed by atoms with Crippen molar-refractivity contribution in [2.75, 3.05) is 5.43 Å². The number of rotatable bonds is 7. The number of carbonyl (C=O) groups is 1. The van der Waals surface area contributed by atoms with Crippen LogP contribution in [0.5, 0.6) is 5.88 Å². The van der Waals surface area contributed by atoms with Crippen LogP contribution in [0, 0.1) is 0 Å². The molecule has 2 aromatic heterocycles. The maximum absolute atomic E-state index is 12.9. The molecule has 4 rings (SSSR count). The minimum atomic E-state index is -4.42. The van der Waals surface area contributed by atoms with Crippen molar-refractivity contribution in [3.63, 3.8) is 0 Å². The van der Waals surface area contributed by atoms with E-state index in [1.165, 1.54) is 41.2 Å². The van der Waals surface area contributed by atoms with Crippen LogP contribution in [0.4, 0.5) is 19.0 Å². The summed E-state index contributed by atoms with van der Waals surface area (Å²) in [5.74, 6) is -0.384. The summed E-state index contributed by atoms with van der Waals surface area (Å²) in [5.41, 5.74) is 1.57. The first-order chi connectivity index (χ1) is 16.7. The molecule has 12 heteroatoms. The number of hydrogen-bond acceptors (Lipinski definition) is 6. The maximum Gasteiger partial charge on any atom is 0.446 e. The van der Waals surface area contributed by atoms with Crippen LogP contribution in [-0.2, 0) is 6.54 Å². The number of benzene rings is 2. The SMILES string of the molecule is O=C(NNc1cc(Cn2cc(O)n(-c3ccc(SC(F)(F)F)cc3)c2=O)ccn1)c1ccccc1. The fraction of sp³-hybridized carbons (Fsp3) is 0.0870. The first-order valence-electron chi connectivity index (χ1n) is 10.1. The van der Waals surface area contributed by atoms with Crippen molar-refractivity contribution in [2.24, 2.45) is 0 Å². The number of hydrogen-bond donors (Lipinski definition) is 3. The second kappa shape index (κ2) is 9.97. The van der Waals surface area contributed by atoms with Gasteiger partial charge >= 0.3 is 11.2 Å². The number of alkyl halides is 3. The normalized spacial score (nSPS) is 11.3. The third kappa shape index (κ3) is 6.03. The van der Waals surface area contributed by atoms with E-state index in [1.54, 1.807) is 42.5 Å². The quantitative estimate of drug-likeness (QED) is 0.260. The van der Waals surface area contributed by atoms with Gasteiger partial charge in [0.15, 0.2) is 0 Å². The molecule has 0 fully saturated rings. The lowest BCUT2D eigenvalue weighted by molar-refractivity contribution is -0.0328. The number of imidazole rings is 1. The van der Waals surface area contributed by atoms with Gasteiger partial charge in [0.1, 0.15) is 5.82 Å². The minimum Gasteiger partial charge on any atom is -0.493 e. The summed E-state index contributed by atoms with van der Waals surface area (Å²) >= 11 is -0.267. The summed E-state index contributed by atoms with van der Waals surface area (Å²) in [7, 11) is 0. The Bertz CT molecular complexity index is 1390. The van der Waals surface area contributed by atoms with E-state index < -0.39 is 11.2 Å². The van der Waals surface area contributed by atoms with Crippen LogP contribution >= 0.6 is 11.8 Å². The molecule has 2 aromatic carbocycles. The predicted molar refractivity (Wildman–Crippen MR) is 124 cm³/mol. The lowest BCUT2D eigenvalue weighted by Gasteiger charge is -2.09. The summed E-state index contributed by atoms with van der Waals surface area (Å²) in [6, 6.07) is 17.0. The Kier molecular flexibility index (Phi) is 6.82. The number of nitrogens with zero attached hydrogens (tertiary/aromatic N) is 3. The molecule has 0 unspecified atom stereocenters. The zero-order valence-electron chi connectivity index (χ0n) is 17.9. The first kappa shape index (κ1) is 24.0. The molecule has 0 atom stereocenters. The Hall–Kier alpha value is -4.19. The third-order valence-corrected chi connectivity index (χ3v) is 5.52. The Morgan fingerprint density at radius 3 is 2.46 bits per heavy atom. The number of nitrogens with one attached hydrogen (secondary N) is 2. The number of thioether (sulfide) groups is 1. The van der Waals surface area contributed by atoms with Crippen molar-refractivity contribution in [2.45, 2.75) is 16.9 Å². The molecule has 0 bridgehead atoms. The van der Waals surface area contributed by atoms with Gasteiger partial charge in [0.05, 0.1) is 18.4 Å². The van der Waals surface area contributed by atoms with Crippen molar-refractivity contribution >= 4 is 23.5 Å². The summed E-state index contributed by atoms with van der Waals surface area (Å²) in [4.78, 5) is 29.1. The molecule has 0 aliphatic rings. The molecular weight excluding hydrogens is 483 g/mol. The van der Waals surface area contributed by atoms with E-state index in [0.717, 1.165) is 4.57 Å². The Morgan fingerprint density at radius 1 is 1.06 bits per heavy atom. The monoisotopic (exact) mass is 501 g/mol. The number of anilines is 1. The van der Waals surface area contributed by atoms with Gasteiger partial charge in [-0.15, -0.1) is 0 Å². The summed E-state index contributed by atoms with van der Waals surface area (Å²) in [5, 5.41) is 10.3. The Labute approximate surface area is 201 Å². The highest BCUT2D eigenvalue weighted by Crippen LogP contribution is 2.37. The summed E-state index contributed by atoms with van der Waals surface area (Å²) < 4.78 is 39.8. The number of hydrazine groups is 1. The second-order valence-corrected chi connectivity index (χ2v) is 8.41. The molecule has 0 saturated carbocycles. The third-order valence-electron chi connectivity index (χ3n) is 4.78. The van der Waals surface area contributed by atoms with Crippen molar-refractivity contribution in [3.8, 4) is 11.6 Å². The van der Waals surface area contributed by atoms with Gasteiger partial charge in [0, 0.05) is 16.7 Å². The van der Waals surface area contributed by atoms with E-state index in [9.17, 15) is 27.9 Å². The minimum absolute atomic E-state index is 0.0376. The zero-order chi connectivity index (χ0) is 25.0. The molecule has 0 spiro atoms. The van der Waals surface area contributed by atoms with Crippen molar-refractivity contribution in [1.29, 1.82) is 0 Å². The molecular formula is C23H18F3N5O3S. The summed E-state index contributed by atoms with van der Waals surface area (Å²) in [6.07, 6.45) is 2.72. The fourth-order valence-electron chi connectivity index (χ4n) is 3.25. The number of aromatic hydroxyl groups is 1. The molecule has 3 N–H and O–H groups in total. The molecule has 0 aliphatic carbocycles. The van der Waals surface area contributed by atoms with Crippen LogP contribution in [0.3, 0.4) is 0 Å². The highest BCUT2D eigenvalue weighted by Gasteiger charge is 2.29. The molecule has 180 valence electrons. The van der Waals surface area contributed by atoms with Crippen molar-refractivity contribution < 1.29 is 23.1 Å². The van der Waals surface area contributed by atoms with Gasteiger partial charge in [-0.05, 0) is 65.9 Å². The number of amides is 1. The van der Waals surface area contributed by atoms with Crippen LogP contribution in [0.1, 0.15) is 15.9 Å². The summed E-state index contributed by atoms with van der Waals surface area (Å²) in [6.45, 7) is 0.0746. The highest BCUT2D eigenvalue weighted by molar-refractivity contribution is 8.00. The second-order valence-electron chi connectivity index (χ2n) is 7.27. The van der Waals surface area contributed by atoms with Gasteiger partial charge in [0.2, 0.25) is 5.88 Å². The van der Waals surface area contributed by atoms with E-state index in [-0.39, 0.29) is 40.7 Å². The molecule has 4 aromatic rings. The fourth-order valence-corrected chi connectivity index (χ4v) is 3.79.